The minimum atomic E-state index is -0.691. The van der Waals surface area contributed by atoms with Gasteiger partial charge in [0.05, 0.1) is 12.1 Å². The first-order valence-electron chi connectivity index (χ1n) is 5.34. The van der Waals surface area contributed by atoms with Crippen molar-refractivity contribution >= 4 is 35.1 Å². The van der Waals surface area contributed by atoms with Crippen LogP contribution in [0.1, 0.15) is 10.4 Å². The SMILES string of the molecule is COc1cc(Cl)nc(NC(=O)c2ccc(Cl)c(F)c2)n1. The van der Waals surface area contributed by atoms with E-state index >= 15 is 0 Å². The lowest BCUT2D eigenvalue weighted by Gasteiger charge is -2.06. The van der Waals surface area contributed by atoms with Crippen molar-refractivity contribution in [3.63, 3.8) is 0 Å². The van der Waals surface area contributed by atoms with Crippen molar-refractivity contribution in [2.24, 2.45) is 0 Å². The molecule has 104 valence electrons. The van der Waals surface area contributed by atoms with Gasteiger partial charge in [-0.15, -0.1) is 0 Å². The molecule has 0 radical (unpaired) electrons. The molecule has 0 bridgehead atoms. The Hall–Kier alpha value is -1.92. The van der Waals surface area contributed by atoms with Crippen LogP contribution in [-0.2, 0) is 0 Å². The number of methoxy groups -OCH3 is 1. The highest BCUT2D eigenvalue weighted by Crippen LogP contribution is 2.18. The lowest BCUT2D eigenvalue weighted by molar-refractivity contribution is 0.102. The van der Waals surface area contributed by atoms with E-state index in [1.165, 1.54) is 25.3 Å². The number of carbonyl (C=O) groups is 1. The van der Waals surface area contributed by atoms with Gasteiger partial charge in [0.25, 0.3) is 5.91 Å². The third-order valence-electron chi connectivity index (χ3n) is 2.29. The van der Waals surface area contributed by atoms with Crippen LogP contribution in [-0.4, -0.2) is 23.0 Å². The van der Waals surface area contributed by atoms with Gasteiger partial charge in [0.15, 0.2) is 0 Å². The van der Waals surface area contributed by atoms with Crippen LogP contribution in [0.4, 0.5) is 10.3 Å². The molecular weight excluding hydrogens is 308 g/mol. The number of halogens is 3. The normalized spacial score (nSPS) is 10.2. The van der Waals surface area contributed by atoms with E-state index in [4.69, 9.17) is 27.9 Å². The molecule has 0 fully saturated rings. The molecule has 1 amide bonds. The Kier molecular flexibility index (Phi) is 4.36. The summed E-state index contributed by atoms with van der Waals surface area (Å²) in [6.45, 7) is 0. The quantitative estimate of drug-likeness (QED) is 0.883. The third kappa shape index (κ3) is 3.34. The number of anilines is 1. The summed E-state index contributed by atoms with van der Waals surface area (Å²) in [6.07, 6.45) is 0. The maximum Gasteiger partial charge on any atom is 0.258 e. The lowest BCUT2D eigenvalue weighted by Crippen LogP contribution is -2.14. The van der Waals surface area contributed by atoms with Gasteiger partial charge in [-0.2, -0.15) is 4.98 Å². The monoisotopic (exact) mass is 315 g/mol. The fraction of sp³-hybridized carbons (Fsp3) is 0.0833. The topological polar surface area (TPSA) is 64.1 Å². The van der Waals surface area contributed by atoms with Crippen LogP contribution in [0.2, 0.25) is 10.2 Å². The summed E-state index contributed by atoms with van der Waals surface area (Å²) in [5.74, 6) is -1.13. The van der Waals surface area contributed by atoms with Gasteiger partial charge in [0, 0.05) is 11.6 Å². The van der Waals surface area contributed by atoms with Crippen LogP contribution in [0.15, 0.2) is 24.3 Å². The summed E-state index contributed by atoms with van der Waals surface area (Å²) < 4.78 is 18.2. The average Bonchev–Trinajstić information content (AvgIpc) is 2.41. The molecule has 1 aromatic carbocycles. The van der Waals surface area contributed by atoms with Gasteiger partial charge in [-0.05, 0) is 18.2 Å². The standard InChI is InChI=1S/C12H8Cl2FN3O2/c1-20-10-5-9(14)16-12(17-10)18-11(19)6-2-3-7(13)8(15)4-6/h2-5H,1H3,(H,16,17,18,19). The molecule has 0 spiro atoms. The van der Waals surface area contributed by atoms with Gasteiger partial charge in [-0.25, -0.2) is 9.37 Å². The number of ether oxygens (including phenoxy) is 1. The Morgan fingerprint density at radius 2 is 2.05 bits per heavy atom. The van der Waals surface area contributed by atoms with Crippen molar-refractivity contribution in [2.45, 2.75) is 0 Å². The molecule has 0 aliphatic heterocycles. The summed E-state index contributed by atoms with van der Waals surface area (Å²) in [4.78, 5) is 19.6. The van der Waals surface area contributed by atoms with Gasteiger partial charge in [0.1, 0.15) is 11.0 Å². The maximum absolute atomic E-state index is 13.3. The summed E-state index contributed by atoms with van der Waals surface area (Å²) in [6, 6.07) is 5.06. The van der Waals surface area contributed by atoms with E-state index in [9.17, 15) is 9.18 Å². The molecule has 0 aliphatic rings. The Morgan fingerprint density at radius 3 is 2.70 bits per heavy atom. The molecule has 20 heavy (non-hydrogen) atoms. The van der Waals surface area contributed by atoms with Gasteiger partial charge in [-0.3, -0.25) is 10.1 Å². The van der Waals surface area contributed by atoms with E-state index < -0.39 is 11.7 Å². The van der Waals surface area contributed by atoms with Crippen LogP contribution in [0, 0.1) is 5.82 Å². The molecular formula is C12H8Cl2FN3O2. The number of rotatable bonds is 3. The minimum absolute atomic E-state index is 0.0466. The first kappa shape index (κ1) is 14.5. The Morgan fingerprint density at radius 1 is 1.30 bits per heavy atom. The van der Waals surface area contributed by atoms with Crippen LogP contribution in [0.5, 0.6) is 5.88 Å². The third-order valence-corrected chi connectivity index (χ3v) is 2.79. The zero-order valence-electron chi connectivity index (χ0n) is 10.2. The molecule has 2 aromatic rings. The van der Waals surface area contributed by atoms with Gasteiger partial charge in [-0.1, -0.05) is 23.2 Å². The molecule has 0 atom stereocenters. The summed E-state index contributed by atoms with van der Waals surface area (Å²) in [5, 5.41) is 2.42. The zero-order chi connectivity index (χ0) is 14.7. The lowest BCUT2D eigenvalue weighted by atomic mass is 10.2. The van der Waals surface area contributed by atoms with Crippen molar-refractivity contribution in [2.75, 3.05) is 12.4 Å². The Bertz CT molecular complexity index is 667. The number of hydrogen-bond donors (Lipinski definition) is 1. The van der Waals surface area contributed by atoms with Crippen LogP contribution < -0.4 is 10.1 Å². The molecule has 0 saturated carbocycles. The van der Waals surface area contributed by atoms with Crippen molar-refractivity contribution < 1.29 is 13.9 Å². The smallest absolute Gasteiger partial charge is 0.258 e. The van der Waals surface area contributed by atoms with Crippen molar-refractivity contribution in [1.82, 2.24) is 9.97 Å². The zero-order valence-corrected chi connectivity index (χ0v) is 11.7. The molecule has 1 heterocycles. The fourth-order valence-corrected chi connectivity index (χ4v) is 1.66. The Labute approximate surface area is 123 Å². The van der Waals surface area contributed by atoms with E-state index in [0.717, 1.165) is 6.07 Å². The second-order valence-electron chi connectivity index (χ2n) is 3.64. The predicted molar refractivity (Wildman–Crippen MR) is 73.0 cm³/mol. The molecule has 8 heteroatoms. The number of amides is 1. The highest BCUT2D eigenvalue weighted by molar-refractivity contribution is 6.31. The van der Waals surface area contributed by atoms with Crippen molar-refractivity contribution in [3.8, 4) is 5.88 Å². The molecule has 0 aliphatic carbocycles. The average molecular weight is 316 g/mol. The summed E-state index contributed by atoms with van der Waals surface area (Å²) in [7, 11) is 1.40. The predicted octanol–water partition coefficient (Wildman–Crippen LogP) is 3.18. The van der Waals surface area contributed by atoms with E-state index in [-0.39, 0.29) is 27.6 Å². The number of hydrogen-bond acceptors (Lipinski definition) is 4. The number of nitrogens with zero attached hydrogens (tertiary/aromatic N) is 2. The molecule has 2 rings (SSSR count). The van der Waals surface area contributed by atoms with Crippen molar-refractivity contribution in [1.29, 1.82) is 0 Å². The number of nitrogens with one attached hydrogen (secondary N) is 1. The highest BCUT2D eigenvalue weighted by Gasteiger charge is 2.12. The van der Waals surface area contributed by atoms with Crippen LogP contribution in [0.25, 0.3) is 0 Å². The Balaban J connectivity index is 2.23. The van der Waals surface area contributed by atoms with Gasteiger partial charge < -0.3 is 4.74 Å². The first-order valence-corrected chi connectivity index (χ1v) is 6.10. The second-order valence-corrected chi connectivity index (χ2v) is 4.43. The fourth-order valence-electron chi connectivity index (χ4n) is 1.37. The number of aromatic nitrogens is 2. The van der Waals surface area contributed by atoms with Gasteiger partial charge in [0.2, 0.25) is 11.8 Å². The minimum Gasteiger partial charge on any atom is -0.481 e. The van der Waals surface area contributed by atoms with Gasteiger partial charge >= 0.3 is 0 Å². The number of carbonyl (C=O) groups excluding carboxylic acids is 1. The largest absolute Gasteiger partial charge is 0.481 e. The van der Waals surface area contributed by atoms with E-state index in [1.54, 1.807) is 0 Å². The highest BCUT2D eigenvalue weighted by atomic mass is 35.5. The molecule has 0 unspecified atom stereocenters. The molecule has 0 saturated heterocycles. The number of benzene rings is 1. The summed E-state index contributed by atoms with van der Waals surface area (Å²) >= 11 is 11.3. The molecule has 1 aromatic heterocycles. The van der Waals surface area contributed by atoms with Crippen LogP contribution >= 0.6 is 23.2 Å². The summed E-state index contributed by atoms with van der Waals surface area (Å²) in [5.41, 5.74) is 0.0782. The van der Waals surface area contributed by atoms with E-state index in [1.807, 2.05) is 0 Å². The maximum atomic E-state index is 13.3. The molecule has 5 nitrogen and oxygen atoms in total. The van der Waals surface area contributed by atoms with Crippen LogP contribution in [0.3, 0.4) is 0 Å². The second kappa shape index (κ2) is 6.02. The molecule has 1 N–H and O–H groups in total. The van der Waals surface area contributed by atoms with E-state index in [0.29, 0.717) is 0 Å². The first-order chi connectivity index (χ1) is 9.49. The van der Waals surface area contributed by atoms with E-state index in [2.05, 4.69) is 15.3 Å². The van der Waals surface area contributed by atoms with Crippen molar-refractivity contribution in [3.05, 3.63) is 45.8 Å².